The zero-order valence-corrected chi connectivity index (χ0v) is 9.86. The zero-order chi connectivity index (χ0) is 12.0. The van der Waals surface area contributed by atoms with Crippen molar-refractivity contribution >= 4 is 12.0 Å². The molecule has 0 heterocycles. The fourth-order valence-corrected chi connectivity index (χ4v) is 1.52. The molecular weight excluding hydrogens is 200 g/mol. The van der Waals surface area contributed by atoms with E-state index >= 15 is 0 Å². The first kappa shape index (κ1) is 12.5. The molecule has 0 saturated carbocycles. The number of carbonyl (C=O) groups is 1. The van der Waals surface area contributed by atoms with E-state index in [1.54, 1.807) is 0 Å². The molecule has 0 aliphatic carbocycles. The Kier molecular flexibility index (Phi) is 4.77. The van der Waals surface area contributed by atoms with Gasteiger partial charge in [-0.3, -0.25) is 4.79 Å². The van der Waals surface area contributed by atoms with Crippen LogP contribution in [0.15, 0.2) is 24.3 Å². The lowest BCUT2D eigenvalue weighted by molar-refractivity contribution is -0.137. The van der Waals surface area contributed by atoms with E-state index in [0.717, 1.165) is 6.42 Å². The fourth-order valence-electron chi connectivity index (χ4n) is 1.52. The van der Waals surface area contributed by atoms with Crippen LogP contribution in [0.4, 0.5) is 0 Å². The van der Waals surface area contributed by atoms with Crippen molar-refractivity contribution in [2.75, 3.05) is 0 Å². The first-order chi connectivity index (χ1) is 7.59. The van der Waals surface area contributed by atoms with Crippen molar-refractivity contribution in [2.24, 2.45) is 0 Å². The Labute approximate surface area is 96.6 Å². The molecular formula is C14H18O2. The molecule has 0 saturated heterocycles. The van der Waals surface area contributed by atoms with Gasteiger partial charge in [-0.05, 0) is 37.8 Å². The average Bonchev–Trinajstić information content (AvgIpc) is 2.22. The molecule has 16 heavy (non-hydrogen) atoms. The third-order valence-corrected chi connectivity index (χ3v) is 2.49. The summed E-state index contributed by atoms with van der Waals surface area (Å²) < 4.78 is 0. The van der Waals surface area contributed by atoms with Gasteiger partial charge in [0.2, 0.25) is 0 Å². The van der Waals surface area contributed by atoms with Crippen LogP contribution in [0.5, 0.6) is 0 Å². The first-order valence-corrected chi connectivity index (χ1v) is 5.55. The van der Waals surface area contributed by atoms with E-state index in [-0.39, 0.29) is 6.42 Å². The molecule has 0 unspecified atom stereocenters. The van der Waals surface area contributed by atoms with Crippen LogP contribution >= 0.6 is 0 Å². The highest BCUT2D eigenvalue weighted by Crippen LogP contribution is 2.13. The van der Waals surface area contributed by atoms with Gasteiger partial charge in [0.05, 0.1) is 0 Å². The Morgan fingerprint density at radius 1 is 1.38 bits per heavy atom. The van der Waals surface area contributed by atoms with Crippen molar-refractivity contribution in [3.05, 3.63) is 41.0 Å². The Morgan fingerprint density at radius 3 is 2.81 bits per heavy atom. The molecule has 1 aromatic rings. The summed E-state index contributed by atoms with van der Waals surface area (Å²) >= 11 is 0. The average molecular weight is 218 g/mol. The van der Waals surface area contributed by atoms with Crippen molar-refractivity contribution < 1.29 is 9.90 Å². The van der Waals surface area contributed by atoms with E-state index < -0.39 is 5.97 Å². The molecule has 86 valence electrons. The van der Waals surface area contributed by atoms with Crippen LogP contribution in [0.1, 0.15) is 36.0 Å². The maximum Gasteiger partial charge on any atom is 0.303 e. The second kappa shape index (κ2) is 6.11. The number of aryl methyl sites for hydroxylation is 2. The van der Waals surface area contributed by atoms with E-state index in [1.807, 2.05) is 6.08 Å². The molecule has 1 N–H and O–H groups in total. The summed E-state index contributed by atoms with van der Waals surface area (Å²) in [4.78, 5) is 10.3. The normalized spacial score (nSPS) is 10.9. The van der Waals surface area contributed by atoms with Gasteiger partial charge in [0.25, 0.3) is 0 Å². The Morgan fingerprint density at radius 2 is 2.12 bits per heavy atom. The Bertz CT molecular complexity index is 392. The predicted molar refractivity (Wildman–Crippen MR) is 66.4 cm³/mol. The van der Waals surface area contributed by atoms with Crippen molar-refractivity contribution in [3.8, 4) is 0 Å². The summed E-state index contributed by atoms with van der Waals surface area (Å²) in [7, 11) is 0. The molecule has 0 radical (unpaired) electrons. The summed E-state index contributed by atoms with van der Waals surface area (Å²) in [5.74, 6) is -0.722. The van der Waals surface area contributed by atoms with Crippen LogP contribution in [0.2, 0.25) is 0 Å². The van der Waals surface area contributed by atoms with Crippen LogP contribution < -0.4 is 0 Å². The van der Waals surface area contributed by atoms with Crippen molar-refractivity contribution in [1.82, 2.24) is 0 Å². The van der Waals surface area contributed by atoms with Crippen LogP contribution in [0, 0.1) is 13.8 Å². The number of benzene rings is 1. The van der Waals surface area contributed by atoms with Crippen LogP contribution in [-0.4, -0.2) is 11.1 Å². The maximum absolute atomic E-state index is 10.3. The number of unbranched alkanes of at least 4 members (excludes halogenated alkanes) is 1. The molecule has 0 spiro atoms. The van der Waals surface area contributed by atoms with Gasteiger partial charge in [0, 0.05) is 6.42 Å². The van der Waals surface area contributed by atoms with E-state index in [2.05, 4.69) is 38.1 Å². The minimum Gasteiger partial charge on any atom is -0.481 e. The monoisotopic (exact) mass is 218 g/mol. The number of carboxylic acid groups (broad SMARTS) is 1. The summed E-state index contributed by atoms with van der Waals surface area (Å²) in [5.41, 5.74) is 3.71. The number of carboxylic acids is 1. The van der Waals surface area contributed by atoms with Gasteiger partial charge in [0.15, 0.2) is 0 Å². The van der Waals surface area contributed by atoms with Gasteiger partial charge in [-0.25, -0.2) is 0 Å². The number of hydrogen-bond donors (Lipinski definition) is 1. The largest absolute Gasteiger partial charge is 0.481 e. The van der Waals surface area contributed by atoms with Gasteiger partial charge in [-0.1, -0.05) is 35.9 Å². The van der Waals surface area contributed by atoms with Crippen LogP contribution in [0.3, 0.4) is 0 Å². The van der Waals surface area contributed by atoms with Gasteiger partial charge in [-0.2, -0.15) is 0 Å². The minimum atomic E-state index is -0.722. The topological polar surface area (TPSA) is 37.3 Å². The van der Waals surface area contributed by atoms with E-state index in [1.165, 1.54) is 16.7 Å². The molecule has 2 nitrogen and oxygen atoms in total. The smallest absolute Gasteiger partial charge is 0.303 e. The number of aliphatic carboxylic acids is 1. The van der Waals surface area contributed by atoms with Crippen molar-refractivity contribution in [1.29, 1.82) is 0 Å². The summed E-state index contributed by atoms with van der Waals surface area (Å²) in [6, 6.07) is 6.34. The van der Waals surface area contributed by atoms with Gasteiger partial charge in [0.1, 0.15) is 0 Å². The standard InChI is InChI=1S/C14H18O2/c1-11-8-9-12(2)13(10-11)6-4-3-5-7-14(15)16/h4,6,8-10H,3,5,7H2,1-2H3,(H,15,16)/b6-4+. The molecule has 0 amide bonds. The van der Waals surface area contributed by atoms with E-state index in [4.69, 9.17) is 5.11 Å². The van der Waals surface area contributed by atoms with Gasteiger partial charge in [-0.15, -0.1) is 0 Å². The highest BCUT2D eigenvalue weighted by atomic mass is 16.4. The lowest BCUT2D eigenvalue weighted by atomic mass is 10.0. The van der Waals surface area contributed by atoms with Gasteiger partial charge < -0.3 is 5.11 Å². The molecule has 1 rings (SSSR count). The molecule has 0 aliphatic heterocycles. The SMILES string of the molecule is Cc1ccc(C)c(/C=C/CCCC(=O)O)c1. The molecule has 0 aliphatic rings. The summed E-state index contributed by atoms with van der Waals surface area (Å²) in [6.45, 7) is 4.15. The van der Waals surface area contributed by atoms with E-state index in [0.29, 0.717) is 6.42 Å². The lowest BCUT2D eigenvalue weighted by Gasteiger charge is -2.01. The summed E-state index contributed by atoms with van der Waals surface area (Å²) in [6.07, 6.45) is 5.89. The zero-order valence-electron chi connectivity index (χ0n) is 9.86. The van der Waals surface area contributed by atoms with Crippen molar-refractivity contribution in [2.45, 2.75) is 33.1 Å². The third kappa shape index (κ3) is 4.30. The lowest BCUT2D eigenvalue weighted by Crippen LogP contribution is -1.92. The highest BCUT2D eigenvalue weighted by Gasteiger charge is 1.95. The van der Waals surface area contributed by atoms with Crippen LogP contribution in [-0.2, 0) is 4.79 Å². The summed E-state index contributed by atoms with van der Waals surface area (Å²) in [5, 5.41) is 8.49. The fraction of sp³-hybridized carbons (Fsp3) is 0.357. The van der Waals surface area contributed by atoms with Gasteiger partial charge >= 0.3 is 5.97 Å². The molecule has 1 aromatic carbocycles. The second-order valence-electron chi connectivity index (χ2n) is 4.05. The Balaban J connectivity index is 2.49. The van der Waals surface area contributed by atoms with E-state index in [9.17, 15) is 4.79 Å². The third-order valence-electron chi connectivity index (χ3n) is 2.49. The van der Waals surface area contributed by atoms with Crippen molar-refractivity contribution in [3.63, 3.8) is 0 Å². The maximum atomic E-state index is 10.3. The molecule has 0 aromatic heterocycles. The first-order valence-electron chi connectivity index (χ1n) is 5.55. The predicted octanol–water partition coefficient (Wildman–Crippen LogP) is 3.57. The number of allylic oxidation sites excluding steroid dienone is 1. The molecule has 0 fully saturated rings. The Hall–Kier alpha value is -1.57. The second-order valence-corrected chi connectivity index (χ2v) is 4.05. The molecule has 2 heteroatoms. The molecule has 0 atom stereocenters. The number of rotatable bonds is 5. The quantitative estimate of drug-likeness (QED) is 0.767. The van der Waals surface area contributed by atoms with Crippen LogP contribution in [0.25, 0.3) is 6.08 Å². The highest BCUT2D eigenvalue weighted by molar-refractivity contribution is 5.66. The minimum absolute atomic E-state index is 0.247. The number of hydrogen-bond acceptors (Lipinski definition) is 1. The molecule has 0 bridgehead atoms.